The monoisotopic (exact) mass is 395 g/mol. The van der Waals surface area contributed by atoms with E-state index in [-0.39, 0.29) is 17.1 Å². The average molecular weight is 395 g/mol. The fourth-order valence-corrected chi connectivity index (χ4v) is 4.89. The van der Waals surface area contributed by atoms with Gasteiger partial charge in [0.25, 0.3) is 5.91 Å². The molecule has 28 heavy (non-hydrogen) atoms. The quantitative estimate of drug-likeness (QED) is 0.693. The second kappa shape index (κ2) is 8.31. The van der Waals surface area contributed by atoms with Crippen molar-refractivity contribution in [1.82, 2.24) is 15.3 Å². The molecule has 2 aromatic heterocycles. The number of carbonyl (C=O) groups is 1. The fraction of sp³-hybridized carbons (Fsp3) is 0.190. The Bertz CT molecular complexity index is 1070. The van der Waals surface area contributed by atoms with Gasteiger partial charge < -0.3 is 5.32 Å². The zero-order chi connectivity index (χ0) is 20.1. The highest BCUT2D eigenvalue weighted by Gasteiger charge is 2.31. The molecule has 0 saturated carbocycles. The van der Waals surface area contributed by atoms with Crippen molar-refractivity contribution in [3.8, 4) is 0 Å². The van der Waals surface area contributed by atoms with Gasteiger partial charge in [0.1, 0.15) is 10.9 Å². The van der Waals surface area contributed by atoms with E-state index < -0.39 is 21.0 Å². The van der Waals surface area contributed by atoms with Gasteiger partial charge in [0.2, 0.25) is 0 Å². The third kappa shape index (κ3) is 4.26. The topological polar surface area (TPSA) is 89.0 Å². The van der Waals surface area contributed by atoms with Crippen LogP contribution in [-0.4, -0.2) is 30.8 Å². The minimum atomic E-state index is -3.76. The van der Waals surface area contributed by atoms with Gasteiger partial charge in [-0.3, -0.25) is 14.8 Å². The van der Waals surface area contributed by atoms with Crippen LogP contribution in [0.3, 0.4) is 0 Å². The normalized spacial score (nSPS) is 12.4. The van der Waals surface area contributed by atoms with Gasteiger partial charge in [0.15, 0.2) is 9.84 Å². The maximum atomic E-state index is 13.5. The lowest BCUT2D eigenvalue weighted by molar-refractivity contribution is 0.0948. The predicted octanol–water partition coefficient (Wildman–Crippen LogP) is 3.04. The summed E-state index contributed by atoms with van der Waals surface area (Å²) in [6.07, 6.45) is 4.61. The standard InChI is InChI=1S/C21H21N3O3S/c1-15-8-9-16(2)19(12-15)28(26,27)20(17-6-5-10-22-13-17)14-24-21(25)18-7-3-4-11-23-18/h3-13,20H,14H2,1-2H3,(H,24,25)/t20-/m1/s1. The van der Waals surface area contributed by atoms with Gasteiger partial charge in [0.05, 0.1) is 4.90 Å². The van der Waals surface area contributed by atoms with Gasteiger partial charge in [-0.15, -0.1) is 0 Å². The number of sulfone groups is 1. The minimum absolute atomic E-state index is 0.0865. The third-order valence-corrected chi connectivity index (χ3v) is 6.67. The molecule has 2 heterocycles. The zero-order valence-corrected chi connectivity index (χ0v) is 16.5. The largest absolute Gasteiger partial charge is 0.349 e. The molecule has 0 bridgehead atoms. The highest BCUT2D eigenvalue weighted by Crippen LogP contribution is 2.30. The Hall–Kier alpha value is -3.06. The Labute approximate surface area is 164 Å². The van der Waals surface area contributed by atoms with Crippen LogP contribution in [0.15, 0.2) is 72.0 Å². The van der Waals surface area contributed by atoms with Gasteiger partial charge >= 0.3 is 0 Å². The van der Waals surface area contributed by atoms with E-state index in [1.54, 1.807) is 55.6 Å². The molecular weight excluding hydrogens is 374 g/mol. The van der Waals surface area contributed by atoms with E-state index in [0.29, 0.717) is 11.1 Å². The summed E-state index contributed by atoms with van der Waals surface area (Å²) in [5, 5.41) is 1.74. The van der Waals surface area contributed by atoms with Crippen molar-refractivity contribution in [3.05, 3.63) is 89.5 Å². The van der Waals surface area contributed by atoms with Crippen LogP contribution in [0.2, 0.25) is 0 Å². The predicted molar refractivity (Wildman–Crippen MR) is 107 cm³/mol. The number of pyridine rings is 2. The molecule has 1 amide bonds. The van der Waals surface area contributed by atoms with E-state index in [1.807, 2.05) is 13.0 Å². The average Bonchev–Trinajstić information content (AvgIpc) is 2.71. The Balaban J connectivity index is 1.96. The van der Waals surface area contributed by atoms with Crippen LogP contribution in [0.25, 0.3) is 0 Å². The second-order valence-corrected chi connectivity index (χ2v) is 8.61. The number of amides is 1. The first-order valence-electron chi connectivity index (χ1n) is 8.80. The number of hydrogen-bond acceptors (Lipinski definition) is 5. The molecule has 0 unspecified atom stereocenters. The Kier molecular flexibility index (Phi) is 5.84. The second-order valence-electron chi connectivity index (χ2n) is 6.51. The number of rotatable bonds is 6. The smallest absolute Gasteiger partial charge is 0.269 e. The maximum absolute atomic E-state index is 13.5. The van der Waals surface area contributed by atoms with E-state index >= 15 is 0 Å². The van der Waals surface area contributed by atoms with E-state index in [0.717, 1.165) is 5.56 Å². The number of hydrogen-bond donors (Lipinski definition) is 1. The molecule has 0 fully saturated rings. The molecule has 0 spiro atoms. The lowest BCUT2D eigenvalue weighted by atomic mass is 10.2. The molecular formula is C21H21N3O3S. The number of aromatic nitrogens is 2. The van der Waals surface area contributed by atoms with Gasteiger partial charge in [-0.25, -0.2) is 8.42 Å². The summed E-state index contributed by atoms with van der Waals surface area (Å²) < 4.78 is 26.9. The van der Waals surface area contributed by atoms with Gasteiger partial charge in [-0.1, -0.05) is 24.3 Å². The molecule has 144 valence electrons. The molecule has 1 N–H and O–H groups in total. The summed E-state index contributed by atoms with van der Waals surface area (Å²) in [4.78, 5) is 20.7. The van der Waals surface area contributed by atoms with Crippen LogP contribution in [-0.2, 0) is 9.84 Å². The number of nitrogens with one attached hydrogen (secondary N) is 1. The number of benzene rings is 1. The Morgan fingerprint density at radius 2 is 1.89 bits per heavy atom. The Morgan fingerprint density at radius 1 is 1.07 bits per heavy atom. The van der Waals surface area contributed by atoms with Crippen molar-refractivity contribution in [1.29, 1.82) is 0 Å². The first-order valence-corrected chi connectivity index (χ1v) is 10.3. The van der Waals surface area contributed by atoms with Crippen LogP contribution in [0.5, 0.6) is 0 Å². The number of aryl methyl sites for hydroxylation is 2. The maximum Gasteiger partial charge on any atom is 0.269 e. The summed E-state index contributed by atoms with van der Waals surface area (Å²) in [6.45, 7) is 3.52. The van der Waals surface area contributed by atoms with E-state index in [9.17, 15) is 13.2 Å². The van der Waals surface area contributed by atoms with Crippen LogP contribution in [0, 0.1) is 13.8 Å². The van der Waals surface area contributed by atoms with Gasteiger partial charge in [-0.2, -0.15) is 0 Å². The van der Waals surface area contributed by atoms with Crippen molar-refractivity contribution >= 4 is 15.7 Å². The van der Waals surface area contributed by atoms with Crippen LogP contribution in [0.1, 0.15) is 32.4 Å². The van der Waals surface area contributed by atoms with Crippen molar-refractivity contribution in [2.45, 2.75) is 24.0 Å². The van der Waals surface area contributed by atoms with Crippen LogP contribution in [0.4, 0.5) is 0 Å². The zero-order valence-electron chi connectivity index (χ0n) is 15.7. The summed E-state index contributed by atoms with van der Waals surface area (Å²) in [5.41, 5.74) is 2.27. The lowest BCUT2D eigenvalue weighted by Gasteiger charge is -2.20. The molecule has 0 aliphatic heterocycles. The van der Waals surface area contributed by atoms with E-state index in [4.69, 9.17) is 0 Å². The molecule has 0 saturated heterocycles. The number of nitrogens with zero attached hydrogens (tertiary/aromatic N) is 2. The molecule has 3 rings (SSSR count). The molecule has 7 heteroatoms. The SMILES string of the molecule is Cc1ccc(C)c(S(=O)(=O)[C@H](CNC(=O)c2ccccn2)c2cccnc2)c1. The third-order valence-electron chi connectivity index (χ3n) is 4.43. The van der Waals surface area contributed by atoms with Crippen molar-refractivity contribution in [2.24, 2.45) is 0 Å². The molecule has 1 aromatic carbocycles. The van der Waals surface area contributed by atoms with Crippen LogP contribution >= 0.6 is 0 Å². The van der Waals surface area contributed by atoms with E-state index in [2.05, 4.69) is 15.3 Å². The summed E-state index contributed by atoms with van der Waals surface area (Å²) in [7, 11) is -3.76. The molecule has 1 atom stereocenters. The highest BCUT2D eigenvalue weighted by molar-refractivity contribution is 7.91. The van der Waals surface area contributed by atoms with Crippen molar-refractivity contribution in [2.75, 3.05) is 6.54 Å². The minimum Gasteiger partial charge on any atom is -0.349 e. The lowest BCUT2D eigenvalue weighted by Crippen LogP contribution is -2.32. The van der Waals surface area contributed by atoms with E-state index in [1.165, 1.54) is 12.4 Å². The fourth-order valence-electron chi connectivity index (χ4n) is 2.91. The first kappa shape index (κ1) is 19.7. The van der Waals surface area contributed by atoms with Gasteiger partial charge in [-0.05, 0) is 54.8 Å². The first-order chi connectivity index (χ1) is 13.4. The highest BCUT2D eigenvalue weighted by atomic mass is 32.2. The molecule has 3 aromatic rings. The molecule has 0 aliphatic carbocycles. The molecule has 6 nitrogen and oxygen atoms in total. The summed E-state index contributed by atoms with van der Waals surface area (Å²) in [6, 6.07) is 13.7. The summed E-state index contributed by atoms with van der Waals surface area (Å²) >= 11 is 0. The number of carbonyl (C=O) groups excluding carboxylic acids is 1. The Morgan fingerprint density at radius 3 is 2.57 bits per heavy atom. The molecule has 0 aliphatic rings. The molecule has 0 radical (unpaired) electrons. The van der Waals surface area contributed by atoms with Crippen molar-refractivity contribution < 1.29 is 13.2 Å². The van der Waals surface area contributed by atoms with Crippen LogP contribution < -0.4 is 5.32 Å². The van der Waals surface area contributed by atoms with Crippen molar-refractivity contribution in [3.63, 3.8) is 0 Å². The summed E-state index contributed by atoms with van der Waals surface area (Å²) in [5.74, 6) is -0.425. The van der Waals surface area contributed by atoms with Gasteiger partial charge in [0, 0.05) is 25.1 Å².